The van der Waals surface area contributed by atoms with E-state index in [0.29, 0.717) is 16.9 Å². The Kier molecular flexibility index (Phi) is 8.28. The number of carbonyl (C=O) groups excluding carboxylic acids is 2. The first kappa shape index (κ1) is 24.5. The van der Waals surface area contributed by atoms with E-state index in [1.165, 1.54) is 36.3 Å². The number of carbonyl (C=O) groups is 2. The van der Waals surface area contributed by atoms with Crippen LogP contribution in [-0.4, -0.2) is 54.0 Å². The van der Waals surface area contributed by atoms with Gasteiger partial charge < -0.3 is 14.8 Å². The summed E-state index contributed by atoms with van der Waals surface area (Å²) < 4.78 is 60.8. The Bertz CT molecular complexity index is 1040. The van der Waals surface area contributed by atoms with E-state index < -0.39 is 29.4 Å². The smallest absolute Gasteiger partial charge is 0.387 e. The van der Waals surface area contributed by atoms with Gasteiger partial charge in [0, 0.05) is 19.6 Å². The molecule has 1 fully saturated rings. The van der Waals surface area contributed by atoms with Gasteiger partial charge in [0.15, 0.2) is 5.17 Å². The first-order valence-corrected chi connectivity index (χ1v) is 10.5. The maximum absolute atomic E-state index is 13.8. The Morgan fingerprint density at radius 3 is 2.58 bits per heavy atom. The first-order chi connectivity index (χ1) is 15.8. The highest BCUT2D eigenvalue weighted by molar-refractivity contribution is 8.15. The zero-order chi connectivity index (χ0) is 24.0. The molecule has 7 nitrogen and oxygen atoms in total. The summed E-state index contributed by atoms with van der Waals surface area (Å²) in [5, 5.41) is 1.79. The molecule has 1 N–H and O–H groups in total. The van der Waals surface area contributed by atoms with Crippen molar-refractivity contribution in [2.75, 3.05) is 25.6 Å². The van der Waals surface area contributed by atoms with Crippen molar-refractivity contribution in [3.05, 3.63) is 54.1 Å². The molecule has 0 aliphatic carbocycles. The lowest BCUT2D eigenvalue weighted by atomic mass is 10.2. The average Bonchev–Trinajstić information content (AvgIpc) is 3.03. The molecule has 0 unspecified atom stereocenters. The number of nitrogens with one attached hydrogen (secondary N) is 1. The molecular formula is C21H19F4N3O4S. The van der Waals surface area contributed by atoms with Gasteiger partial charge in [0.05, 0.1) is 24.5 Å². The van der Waals surface area contributed by atoms with Gasteiger partial charge in [-0.05, 0) is 36.4 Å². The minimum atomic E-state index is -2.95. The molecule has 0 radical (unpaired) electrons. The van der Waals surface area contributed by atoms with Crippen LogP contribution in [0.25, 0.3) is 0 Å². The van der Waals surface area contributed by atoms with Gasteiger partial charge in [-0.25, -0.2) is 13.8 Å². The Labute approximate surface area is 190 Å². The summed E-state index contributed by atoms with van der Waals surface area (Å²) in [5.74, 6) is -2.77. The number of aliphatic imine (C=N–C) groups is 1. The summed E-state index contributed by atoms with van der Waals surface area (Å²) in [5.41, 5.74) is 0.181. The predicted octanol–water partition coefficient (Wildman–Crippen LogP) is 4.17. The van der Waals surface area contributed by atoms with Crippen LogP contribution in [0.2, 0.25) is 0 Å². The first-order valence-electron chi connectivity index (χ1n) is 9.62. The van der Waals surface area contributed by atoms with E-state index in [2.05, 4.69) is 15.0 Å². The van der Waals surface area contributed by atoms with Gasteiger partial charge >= 0.3 is 6.61 Å². The molecule has 2 amide bonds. The second kappa shape index (κ2) is 11.1. The molecule has 12 heteroatoms. The fourth-order valence-electron chi connectivity index (χ4n) is 2.89. The Hall–Kier alpha value is -3.12. The highest BCUT2D eigenvalue weighted by Crippen LogP contribution is 2.32. The Morgan fingerprint density at radius 2 is 1.94 bits per heavy atom. The second-order valence-corrected chi connectivity index (χ2v) is 7.90. The van der Waals surface area contributed by atoms with Crippen LogP contribution in [0.5, 0.6) is 5.75 Å². The quantitative estimate of drug-likeness (QED) is 0.540. The van der Waals surface area contributed by atoms with Crippen molar-refractivity contribution in [3.63, 3.8) is 0 Å². The lowest BCUT2D eigenvalue weighted by molar-refractivity contribution is -0.128. The monoisotopic (exact) mass is 485 g/mol. The van der Waals surface area contributed by atoms with Crippen molar-refractivity contribution in [2.45, 2.75) is 18.3 Å². The van der Waals surface area contributed by atoms with Crippen molar-refractivity contribution in [1.29, 1.82) is 0 Å². The standard InChI is InChI=1S/C21H19F4N3O4S/c1-31-9-8-28-19(30)17(11-18(29)27-16-7-2-12(22)10-15(16)23)33-21(28)26-13-3-5-14(6-4-13)32-20(24)25/h2-7,10,17,20H,8-9,11H2,1H3,(H,27,29)/t17-/m0/s1. The van der Waals surface area contributed by atoms with Gasteiger partial charge in [0.1, 0.15) is 22.6 Å². The number of ether oxygens (including phenoxy) is 2. The van der Waals surface area contributed by atoms with E-state index in [-0.39, 0.29) is 36.9 Å². The third-order valence-corrected chi connectivity index (χ3v) is 5.58. The number of methoxy groups -OCH3 is 1. The molecule has 1 heterocycles. The van der Waals surface area contributed by atoms with E-state index in [4.69, 9.17) is 4.74 Å². The zero-order valence-electron chi connectivity index (χ0n) is 17.3. The SMILES string of the molecule is COCCN1C(=O)[C@H](CC(=O)Nc2ccc(F)cc2F)SC1=Nc1ccc(OC(F)F)cc1. The van der Waals surface area contributed by atoms with Crippen molar-refractivity contribution in [3.8, 4) is 5.75 Å². The summed E-state index contributed by atoms with van der Waals surface area (Å²) in [4.78, 5) is 31.0. The van der Waals surface area contributed by atoms with Gasteiger partial charge in [0.2, 0.25) is 11.8 Å². The molecule has 2 aromatic carbocycles. The van der Waals surface area contributed by atoms with Crippen molar-refractivity contribution in [1.82, 2.24) is 4.90 Å². The number of hydrogen-bond acceptors (Lipinski definition) is 6. The third kappa shape index (κ3) is 6.68. The van der Waals surface area contributed by atoms with Crippen LogP contribution < -0.4 is 10.1 Å². The van der Waals surface area contributed by atoms with Crippen LogP contribution >= 0.6 is 11.8 Å². The average molecular weight is 485 g/mol. The van der Waals surface area contributed by atoms with Gasteiger partial charge in [-0.3, -0.25) is 14.5 Å². The fourth-order valence-corrected chi connectivity index (χ4v) is 4.07. The fraction of sp³-hybridized carbons (Fsp3) is 0.286. The number of amides is 2. The minimum absolute atomic E-state index is 0.0390. The van der Waals surface area contributed by atoms with E-state index >= 15 is 0 Å². The molecule has 3 rings (SSSR count). The molecule has 0 aromatic heterocycles. The highest BCUT2D eigenvalue weighted by Gasteiger charge is 2.39. The number of halogens is 4. The van der Waals surface area contributed by atoms with E-state index in [1.807, 2.05) is 0 Å². The summed E-state index contributed by atoms with van der Waals surface area (Å²) in [7, 11) is 1.47. The lowest BCUT2D eigenvalue weighted by Gasteiger charge is -2.15. The Morgan fingerprint density at radius 1 is 1.21 bits per heavy atom. The van der Waals surface area contributed by atoms with Crippen molar-refractivity contribution in [2.24, 2.45) is 4.99 Å². The molecule has 33 heavy (non-hydrogen) atoms. The number of thioether (sulfide) groups is 1. The van der Waals surface area contributed by atoms with E-state index in [9.17, 15) is 27.2 Å². The summed E-state index contributed by atoms with van der Waals surface area (Å²) in [6, 6.07) is 8.25. The maximum atomic E-state index is 13.8. The number of nitrogens with zero attached hydrogens (tertiary/aromatic N) is 2. The lowest BCUT2D eigenvalue weighted by Crippen LogP contribution is -2.35. The van der Waals surface area contributed by atoms with Gasteiger partial charge in [-0.1, -0.05) is 11.8 Å². The number of amidine groups is 1. The molecule has 2 aromatic rings. The number of anilines is 1. The number of hydrogen-bond donors (Lipinski definition) is 1. The maximum Gasteiger partial charge on any atom is 0.387 e. The normalized spacial score (nSPS) is 17.2. The molecular weight excluding hydrogens is 466 g/mol. The van der Waals surface area contributed by atoms with Crippen LogP contribution in [0.4, 0.5) is 28.9 Å². The van der Waals surface area contributed by atoms with Gasteiger partial charge in [-0.15, -0.1) is 0 Å². The molecule has 0 saturated carbocycles. The van der Waals surface area contributed by atoms with Crippen LogP contribution in [0.15, 0.2) is 47.5 Å². The van der Waals surface area contributed by atoms with E-state index in [1.54, 1.807) is 0 Å². The molecule has 1 aliphatic rings. The summed E-state index contributed by atoms with van der Waals surface area (Å²) in [6.07, 6.45) is -0.274. The molecule has 1 atom stereocenters. The topological polar surface area (TPSA) is 80.2 Å². The summed E-state index contributed by atoms with van der Waals surface area (Å²) in [6.45, 7) is -2.56. The molecule has 0 bridgehead atoms. The molecule has 176 valence electrons. The van der Waals surface area contributed by atoms with Gasteiger partial charge in [-0.2, -0.15) is 8.78 Å². The third-order valence-electron chi connectivity index (χ3n) is 4.40. The van der Waals surface area contributed by atoms with Crippen LogP contribution in [0.1, 0.15) is 6.42 Å². The van der Waals surface area contributed by atoms with E-state index in [0.717, 1.165) is 23.9 Å². The van der Waals surface area contributed by atoms with Crippen molar-refractivity contribution >= 4 is 40.1 Å². The van der Waals surface area contributed by atoms with Crippen LogP contribution in [-0.2, 0) is 14.3 Å². The molecule has 0 spiro atoms. The number of rotatable bonds is 9. The summed E-state index contributed by atoms with van der Waals surface area (Å²) >= 11 is 1.04. The molecule has 1 saturated heterocycles. The number of benzene rings is 2. The zero-order valence-corrected chi connectivity index (χ0v) is 18.1. The highest BCUT2D eigenvalue weighted by atomic mass is 32.2. The van der Waals surface area contributed by atoms with Crippen LogP contribution in [0, 0.1) is 11.6 Å². The van der Waals surface area contributed by atoms with Gasteiger partial charge in [0.25, 0.3) is 0 Å². The minimum Gasteiger partial charge on any atom is -0.435 e. The number of alkyl halides is 2. The van der Waals surface area contributed by atoms with Crippen LogP contribution in [0.3, 0.4) is 0 Å². The van der Waals surface area contributed by atoms with Crippen molar-refractivity contribution < 1.29 is 36.6 Å². The molecule has 1 aliphatic heterocycles. The predicted molar refractivity (Wildman–Crippen MR) is 115 cm³/mol. The second-order valence-electron chi connectivity index (χ2n) is 6.73. The largest absolute Gasteiger partial charge is 0.435 e. The Balaban J connectivity index is 1.72.